The molecular weight excluding hydrogens is 344 g/mol. The van der Waals surface area contributed by atoms with Crippen LogP contribution in [0.25, 0.3) is 0 Å². The second-order valence-corrected chi connectivity index (χ2v) is 6.89. The van der Waals surface area contributed by atoms with E-state index < -0.39 is 34.5 Å². The van der Waals surface area contributed by atoms with Crippen LogP contribution in [0.4, 0.5) is 5.69 Å². The number of ether oxygens (including phenoxy) is 1. The summed E-state index contributed by atoms with van der Waals surface area (Å²) in [5, 5.41) is 2.59. The molecule has 0 bridgehead atoms. The van der Waals surface area contributed by atoms with E-state index in [9.17, 15) is 18.0 Å². The van der Waals surface area contributed by atoms with Crippen molar-refractivity contribution in [1.82, 2.24) is 4.72 Å². The van der Waals surface area contributed by atoms with Gasteiger partial charge in [0.05, 0.1) is 4.90 Å². The average Bonchev–Trinajstić information content (AvgIpc) is 2.61. The molecule has 8 heteroatoms. The molecule has 0 fully saturated rings. The number of benzene rings is 2. The lowest BCUT2D eigenvalue weighted by Gasteiger charge is -2.14. The number of anilines is 1. The van der Waals surface area contributed by atoms with Gasteiger partial charge in [-0.3, -0.25) is 9.59 Å². The van der Waals surface area contributed by atoms with E-state index in [0.29, 0.717) is 5.69 Å². The normalized spacial score (nSPS) is 12.2. The van der Waals surface area contributed by atoms with Gasteiger partial charge in [0.1, 0.15) is 6.54 Å². The van der Waals surface area contributed by atoms with Crippen molar-refractivity contribution >= 4 is 27.6 Å². The fourth-order valence-electron chi connectivity index (χ4n) is 1.89. The van der Waals surface area contributed by atoms with Crippen molar-refractivity contribution in [1.29, 1.82) is 0 Å². The van der Waals surface area contributed by atoms with Gasteiger partial charge in [-0.25, -0.2) is 8.42 Å². The molecular formula is C17H18N2O5S. The quantitative estimate of drug-likeness (QED) is 0.728. The number of hydrogen-bond acceptors (Lipinski definition) is 5. The van der Waals surface area contributed by atoms with Gasteiger partial charge in [-0.2, -0.15) is 4.72 Å². The second kappa shape index (κ2) is 8.41. The van der Waals surface area contributed by atoms with Crippen LogP contribution >= 0.6 is 0 Å². The molecule has 0 aliphatic carbocycles. The first kappa shape index (κ1) is 18.6. The molecule has 7 nitrogen and oxygen atoms in total. The Morgan fingerprint density at radius 1 is 1.00 bits per heavy atom. The first-order chi connectivity index (χ1) is 11.9. The smallest absolute Gasteiger partial charge is 0.321 e. The highest BCUT2D eigenvalue weighted by Crippen LogP contribution is 2.08. The Morgan fingerprint density at radius 3 is 2.16 bits per heavy atom. The van der Waals surface area contributed by atoms with E-state index in [0.717, 1.165) is 0 Å². The maximum atomic E-state index is 12.0. The molecule has 0 unspecified atom stereocenters. The summed E-state index contributed by atoms with van der Waals surface area (Å²) in [6.07, 6.45) is -1.06. The molecule has 0 aliphatic rings. The molecule has 0 heterocycles. The number of esters is 1. The monoisotopic (exact) mass is 362 g/mol. The molecule has 2 N–H and O–H groups in total. The predicted octanol–water partition coefficient (Wildman–Crippen LogP) is 1.54. The zero-order valence-electron chi connectivity index (χ0n) is 13.5. The summed E-state index contributed by atoms with van der Waals surface area (Å²) in [5.74, 6) is -1.36. The minimum atomic E-state index is -3.81. The number of para-hydroxylation sites is 1. The molecule has 0 saturated heterocycles. The Balaban J connectivity index is 1.84. The van der Waals surface area contributed by atoms with Gasteiger partial charge in [0.15, 0.2) is 6.10 Å². The molecule has 25 heavy (non-hydrogen) atoms. The van der Waals surface area contributed by atoms with E-state index in [2.05, 4.69) is 10.0 Å². The zero-order valence-corrected chi connectivity index (χ0v) is 14.3. The lowest BCUT2D eigenvalue weighted by Crippen LogP contribution is -2.35. The highest BCUT2D eigenvalue weighted by Gasteiger charge is 2.20. The number of nitrogens with one attached hydrogen (secondary N) is 2. The van der Waals surface area contributed by atoms with Gasteiger partial charge in [0.25, 0.3) is 5.91 Å². The van der Waals surface area contributed by atoms with E-state index >= 15 is 0 Å². The van der Waals surface area contributed by atoms with Gasteiger partial charge in [-0.1, -0.05) is 36.4 Å². The third-order valence-electron chi connectivity index (χ3n) is 3.18. The molecule has 0 aromatic heterocycles. The lowest BCUT2D eigenvalue weighted by atomic mass is 10.3. The van der Waals surface area contributed by atoms with Crippen LogP contribution in [0.5, 0.6) is 0 Å². The van der Waals surface area contributed by atoms with Crippen molar-refractivity contribution in [3.63, 3.8) is 0 Å². The third kappa shape index (κ3) is 5.70. The fourth-order valence-corrected chi connectivity index (χ4v) is 2.88. The van der Waals surface area contributed by atoms with Crippen molar-refractivity contribution in [2.45, 2.75) is 17.9 Å². The van der Waals surface area contributed by atoms with Gasteiger partial charge in [-0.05, 0) is 31.2 Å². The topological polar surface area (TPSA) is 102 Å². The van der Waals surface area contributed by atoms with Crippen LogP contribution in [-0.2, 0) is 24.3 Å². The molecule has 0 saturated carbocycles. The summed E-state index contributed by atoms with van der Waals surface area (Å²) in [4.78, 5) is 23.7. The number of rotatable bonds is 7. The summed E-state index contributed by atoms with van der Waals surface area (Å²) >= 11 is 0. The molecule has 0 aliphatic heterocycles. The van der Waals surface area contributed by atoms with Crippen LogP contribution in [-0.4, -0.2) is 32.9 Å². The van der Waals surface area contributed by atoms with Gasteiger partial charge in [0.2, 0.25) is 10.0 Å². The first-order valence-corrected chi connectivity index (χ1v) is 8.97. The summed E-state index contributed by atoms with van der Waals surface area (Å²) in [6, 6.07) is 16.3. The van der Waals surface area contributed by atoms with E-state index in [1.807, 2.05) is 0 Å². The summed E-state index contributed by atoms with van der Waals surface area (Å²) in [7, 11) is -3.81. The van der Waals surface area contributed by atoms with E-state index in [1.54, 1.807) is 48.5 Å². The summed E-state index contributed by atoms with van der Waals surface area (Å²) < 4.78 is 31.1. The van der Waals surface area contributed by atoms with Gasteiger partial charge in [-0.15, -0.1) is 0 Å². The maximum absolute atomic E-state index is 12.0. The summed E-state index contributed by atoms with van der Waals surface area (Å²) in [6.45, 7) is 0.835. The number of hydrogen-bond donors (Lipinski definition) is 2. The van der Waals surface area contributed by atoms with Crippen LogP contribution in [0.15, 0.2) is 65.6 Å². The molecule has 2 aromatic rings. The van der Waals surface area contributed by atoms with Crippen molar-refractivity contribution in [2.75, 3.05) is 11.9 Å². The van der Waals surface area contributed by atoms with E-state index in [4.69, 9.17) is 4.74 Å². The minimum Gasteiger partial charge on any atom is -0.452 e. The first-order valence-electron chi connectivity index (χ1n) is 7.48. The van der Waals surface area contributed by atoms with E-state index in [-0.39, 0.29) is 4.90 Å². The average molecular weight is 362 g/mol. The highest BCUT2D eigenvalue weighted by atomic mass is 32.2. The van der Waals surface area contributed by atoms with Gasteiger partial charge >= 0.3 is 5.97 Å². The molecule has 1 atom stereocenters. The molecule has 2 aromatic carbocycles. The molecule has 2 rings (SSSR count). The Hall–Kier alpha value is -2.71. The Labute approximate surface area is 146 Å². The van der Waals surface area contributed by atoms with Crippen molar-refractivity contribution in [3.8, 4) is 0 Å². The highest BCUT2D eigenvalue weighted by molar-refractivity contribution is 7.89. The van der Waals surface area contributed by atoms with Crippen LogP contribution in [0, 0.1) is 0 Å². The minimum absolute atomic E-state index is 0.0395. The largest absolute Gasteiger partial charge is 0.452 e. The van der Waals surface area contributed by atoms with E-state index in [1.165, 1.54) is 19.1 Å². The van der Waals surface area contributed by atoms with Gasteiger partial charge < -0.3 is 10.1 Å². The van der Waals surface area contributed by atoms with Crippen LogP contribution < -0.4 is 10.0 Å². The summed E-state index contributed by atoms with van der Waals surface area (Å²) in [5.41, 5.74) is 0.570. The Kier molecular flexibility index (Phi) is 6.26. The standard InChI is InChI=1S/C17H18N2O5S/c1-13(17(21)19-14-8-4-2-5-9-14)24-16(20)12-18-25(22,23)15-10-6-3-7-11-15/h2-11,13,18H,12H2,1H3,(H,19,21)/t13-/m0/s1. The number of carbonyl (C=O) groups excluding carboxylic acids is 2. The molecule has 0 spiro atoms. The second-order valence-electron chi connectivity index (χ2n) is 5.12. The molecule has 1 amide bonds. The van der Waals surface area contributed by atoms with Crippen molar-refractivity contribution < 1.29 is 22.7 Å². The van der Waals surface area contributed by atoms with Crippen molar-refractivity contribution in [3.05, 3.63) is 60.7 Å². The maximum Gasteiger partial charge on any atom is 0.321 e. The fraction of sp³-hybridized carbons (Fsp3) is 0.176. The third-order valence-corrected chi connectivity index (χ3v) is 4.60. The zero-order chi connectivity index (χ0) is 18.3. The van der Waals surface area contributed by atoms with Crippen LogP contribution in [0.2, 0.25) is 0 Å². The number of sulfonamides is 1. The van der Waals surface area contributed by atoms with Crippen molar-refractivity contribution in [2.24, 2.45) is 0 Å². The number of carbonyl (C=O) groups is 2. The number of amides is 1. The lowest BCUT2D eigenvalue weighted by molar-refractivity contribution is -0.151. The molecule has 0 radical (unpaired) electrons. The Bertz CT molecular complexity index is 823. The van der Waals surface area contributed by atoms with Gasteiger partial charge in [0, 0.05) is 5.69 Å². The van der Waals surface area contributed by atoms with Crippen LogP contribution in [0.3, 0.4) is 0 Å². The Morgan fingerprint density at radius 2 is 1.56 bits per heavy atom. The molecule has 132 valence electrons. The predicted molar refractivity (Wildman–Crippen MR) is 92.3 cm³/mol. The SMILES string of the molecule is C[C@H](OC(=O)CNS(=O)(=O)c1ccccc1)C(=O)Nc1ccccc1. The van der Waals surface area contributed by atoms with Crippen LogP contribution in [0.1, 0.15) is 6.92 Å².